The first-order chi connectivity index (χ1) is 9.11. The Labute approximate surface area is 121 Å². The van der Waals surface area contributed by atoms with Gasteiger partial charge in [-0.05, 0) is 40.5 Å². The smallest absolute Gasteiger partial charge is 0.330 e. The number of ether oxygens (including phenoxy) is 2. The van der Waals surface area contributed by atoms with Crippen LogP contribution >= 0.6 is 0 Å². The Morgan fingerprint density at radius 3 is 1.90 bits per heavy atom. The first-order valence-electron chi connectivity index (χ1n) is 6.42. The molecule has 0 rings (SSSR count). The van der Waals surface area contributed by atoms with Crippen molar-refractivity contribution >= 4 is 11.9 Å². The average molecular weight is 286 g/mol. The maximum absolute atomic E-state index is 11.3. The fourth-order valence-corrected chi connectivity index (χ4v) is 0.817. The zero-order valence-corrected chi connectivity index (χ0v) is 12.9. The number of aliphatic hydroxyl groups is 1. The van der Waals surface area contributed by atoms with E-state index >= 15 is 0 Å². The molecule has 0 aromatic rings. The van der Waals surface area contributed by atoms with Crippen LogP contribution in [-0.2, 0) is 19.1 Å². The van der Waals surface area contributed by atoms with Gasteiger partial charge >= 0.3 is 11.9 Å². The Morgan fingerprint density at radius 2 is 1.55 bits per heavy atom. The van der Waals surface area contributed by atoms with E-state index in [-0.39, 0.29) is 11.7 Å². The summed E-state index contributed by atoms with van der Waals surface area (Å²) < 4.78 is 9.81. The Morgan fingerprint density at radius 1 is 1.15 bits per heavy atom. The molecule has 0 saturated carbocycles. The van der Waals surface area contributed by atoms with Crippen molar-refractivity contribution in [3.05, 3.63) is 25.0 Å². The molecule has 5 heteroatoms. The third-order valence-electron chi connectivity index (χ3n) is 1.80. The summed E-state index contributed by atoms with van der Waals surface area (Å²) in [4.78, 5) is 22.0. The van der Waals surface area contributed by atoms with Crippen molar-refractivity contribution in [2.75, 3.05) is 13.2 Å². The van der Waals surface area contributed by atoms with Gasteiger partial charge in [0, 0.05) is 6.08 Å². The van der Waals surface area contributed by atoms with Crippen molar-refractivity contribution in [1.29, 1.82) is 0 Å². The van der Waals surface area contributed by atoms with Gasteiger partial charge in [-0.2, -0.15) is 0 Å². The molecule has 1 N–H and O–H groups in total. The summed E-state index contributed by atoms with van der Waals surface area (Å²) in [7, 11) is 0. The molecular weight excluding hydrogens is 260 g/mol. The number of aliphatic hydroxyl groups excluding tert-OH is 1. The standard InChI is InChI=1S/C12H20O4.C3H6O/c1-5-10(13)15-8-6-7-9-16-11(14)12(2,3)4;1-3(2)4/h5H,1,6-9H2,2-4H3;4H,1H2,2H3. The number of hydrogen-bond donors (Lipinski definition) is 1. The summed E-state index contributed by atoms with van der Waals surface area (Å²) in [5.74, 6) is -0.470. The van der Waals surface area contributed by atoms with E-state index in [0.717, 1.165) is 6.08 Å². The van der Waals surface area contributed by atoms with E-state index in [1.54, 1.807) is 20.8 Å². The van der Waals surface area contributed by atoms with Crippen LogP contribution in [-0.4, -0.2) is 30.3 Å². The highest BCUT2D eigenvalue weighted by molar-refractivity contribution is 5.81. The van der Waals surface area contributed by atoms with Crippen LogP contribution in [0.15, 0.2) is 25.0 Å². The minimum Gasteiger partial charge on any atom is -0.513 e. The van der Waals surface area contributed by atoms with Gasteiger partial charge < -0.3 is 14.6 Å². The number of esters is 2. The third kappa shape index (κ3) is 16.2. The molecule has 0 atom stereocenters. The van der Waals surface area contributed by atoms with Gasteiger partial charge in [0.05, 0.1) is 24.4 Å². The molecule has 5 nitrogen and oxygen atoms in total. The van der Waals surface area contributed by atoms with Crippen LogP contribution < -0.4 is 0 Å². The van der Waals surface area contributed by atoms with E-state index < -0.39 is 11.4 Å². The Kier molecular flexibility index (Phi) is 11.4. The quantitative estimate of drug-likeness (QED) is 0.351. The number of unbranched alkanes of at least 4 members (excludes halogenated alkanes) is 1. The van der Waals surface area contributed by atoms with Crippen molar-refractivity contribution in [1.82, 2.24) is 0 Å². The van der Waals surface area contributed by atoms with Crippen LogP contribution in [0.3, 0.4) is 0 Å². The molecule has 0 radical (unpaired) electrons. The number of carbonyl (C=O) groups excluding carboxylic acids is 2. The van der Waals surface area contributed by atoms with Crippen LogP contribution in [0.4, 0.5) is 0 Å². The van der Waals surface area contributed by atoms with Gasteiger partial charge in [0.25, 0.3) is 0 Å². The molecule has 0 spiro atoms. The Balaban J connectivity index is 0. The van der Waals surface area contributed by atoms with Crippen LogP contribution in [0.5, 0.6) is 0 Å². The molecule has 0 aliphatic carbocycles. The molecule has 0 unspecified atom stereocenters. The second-order valence-corrected chi connectivity index (χ2v) is 5.20. The largest absolute Gasteiger partial charge is 0.513 e. The minimum absolute atomic E-state index is 0.167. The van der Waals surface area contributed by atoms with Crippen LogP contribution in [0.1, 0.15) is 40.5 Å². The lowest BCUT2D eigenvalue weighted by Crippen LogP contribution is -2.23. The van der Waals surface area contributed by atoms with Crippen LogP contribution in [0.2, 0.25) is 0 Å². The molecule has 0 aliphatic heterocycles. The zero-order chi connectivity index (χ0) is 16.2. The van der Waals surface area contributed by atoms with Crippen LogP contribution in [0, 0.1) is 5.41 Å². The highest BCUT2D eigenvalue weighted by Crippen LogP contribution is 2.15. The van der Waals surface area contributed by atoms with Gasteiger partial charge in [0.1, 0.15) is 0 Å². The summed E-state index contributed by atoms with van der Waals surface area (Å²) in [5.41, 5.74) is -0.463. The normalized spacial score (nSPS) is 9.80. The molecule has 116 valence electrons. The molecular formula is C15H26O5. The highest BCUT2D eigenvalue weighted by atomic mass is 16.5. The lowest BCUT2D eigenvalue weighted by atomic mass is 9.97. The van der Waals surface area contributed by atoms with E-state index in [4.69, 9.17) is 14.6 Å². The summed E-state index contributed by atoms with van der Waals surface area (Å²) in [5, 5.41) is 7.86. The molecule has 0 saturated heterocycles. The van der Waals surface area contributed by atoms with Gasteiger partial charge in [0.15, 0.2) is 0 Å². The van der Waals surface area contributed by atoms with Crippen molar-refractivity contribution in [2.45, 2.75) is 40.5 Å². The van der Waals surface area contributed by atoms with E-state index in [9.17, 15) is 9.59 Å². The van der Waals surface area contributed by atoms with Crippen molar-refractivity contribution in [3.8, 4) is 0 Å². The lowest BCUT2D eigenvalue weighted by molar-refractivity contribution is -0.153. The van der Waals surface area contributed by atoms with Crippen LogP contribution in [0.25, 0.3) is 0 Å². The van der Waals surface area contributed by atoms with E-state index in [0.29, 0.717) is 26.1 Å². The van der Waals surface area contributed by atoms with Gasteiger partial charge in [-0.15, -0.1) is 0 Å². The van der Waals surface area contributed by atoms with Crippen molar-refractivity contribution in [3.63, 3.8) is 0 Å². The molecule has 0 aromatic heterocycles. The monoisotopic (exact) mass is 286 g/mol. The summed E-state index contributed by atoms with van der Waals surface area (Å²) in [6, 6.07) is 0. The number of allylic oxidation sites excluding steroid dienone is 1. The van der Waals surface area contributed by atoms with Gasteiger partial charge in [0.2, 0.25) is 0 Å². The molecule has 0 aliphatic rings. The number of hydrogen-bond acceptors (Lipinski definition) is 5. The lowest BCUT2D eigenvalue weighted by Gasteiger charge is -2.16. The highest BCUT2D eigenvalue weighted by Gasteiger charge is 2.22. The minimum atomic E-state index is -0.463. The van der Waals surface area contributed by atoms with Gasteiger partial charge in [-0.3, -0.25) is 4.79 Å². The van der Waals surface area contributed by atoms with Gasteiger partial charge in [-0.1, -0.05) is 13.2 Å². The summed E-state index contributed by atoms with van der Waals surface area (Å²) >= 11 is 0. The topological polar surface area (TPSA) is 72.8 Å². The number of rotatable bonds is 6. The Bertz CT molecular complexity index is 322. The van der Waals surface area contributed by atoms with E-state index in [2.05, 4.69) is 13.2 Å². The summed E-state index contributed by atoms with van der Waals surface area (Å²) in [6.07, 6.45) is 2.49. The molecule has 0 fully saturated rings. The Hall–Kier alpha value is -1.78. The van der Waals surface area contributed by atoms with Crippen molar-refractivity contribution < 1.29 is 24.2 Å². The first kappa shape index (κ1) is 20.5. The zero-order valence-electron chi connectivity index (χ0n) is 12.9. The summed E-state index contributed by atoms with van der Waals surface area (Å²) in [6.45, 7) is 14.0. The molecule has 20 heavy (non-hydrogen) atoms. The average Bonchev–Trinajstić information content (AvgIpc) is 2.30. The maximum Gasteiger partial charge on any atom is 0.330 e. The second kappa shape index (κ2) is 11.1. The van der Waals surface area contributed by atoms with Crippen molar-refractivity contribution in [2.24, 2.45) is 5.41 Å². The fraction of sp³-hybridized carbons (Fsp3) is 0.600. The fourth-order valence-electron chi connectivity index (χ4n) is 0.817. The first-order valence-corrected chi connectivity index (χ1v) is 6.42. The maximum atomic E-state index is 11.3. The molecule has 0 amide bonds. The third-order valence-corrected chi connectivity index (χ3v) is 1.80. The van der Waals surface area contributed by atoms with E-state index in [1.807, 2.05) is 0 Å². The molecule has 0 aromatic carbocycles. The SMILES string of the molecule is C=C(C)O.C=CC(=O)OCCCCOC(=O)C(C)(C)C. The second-order valence-electron chi connectivity index (χ2n) is 5.20. The molecule has 0 heterocycles. The van der Waals surface area contributed by atoms with E-state index in [1.165, 1.54) is 6.92 Å². The predicted octanol–water partition coefficient (Wildman–Crippen LogP) is 3.16. The van der Waals surface area contributed by atoms with Gasteiger partial charge in [-0.25, -0.2) is 4.79 Å². The molecule has 0 bridgehead atoms. The number of carbonyl (C=O) groups is 2. The predicted molar refractivity (Wildman–Crippen MR) is 78.2 cm³/mol.